The van der Waals surface area contributed by atoms with Crippen LogP contribution < -0.4 is 15.0 Å². The highest BCUT2D eigenvalue weighted by atomic mass is 16.5. The van der Waals surface area contributed by atoms with Crippen LogP contribution in [0.5, 0.6) is 5.75 Å². The molecular formula is C24H26N4O3. The molecule has 7 heteroatoms. The first-order valence-electron chi connectivity index (χ1n) is 10.3. The SMILES string of the molecule is COc1cccc2c(C)cc(N3CCN(C(=O)c4cccc(NC(C)=O)c4)CC3)nc12. The van der Waals surface area contributed by atoms with Crippen LogP contribution in [0.1, 0.15) is 22.8 Å². The molecule has 3 aromatic rings. The number of piperazine rings is 1. The van der Waals surface area contributed by atoms with Crippen molar-refractivity contribution < 1.29 is 14.3 Å². The molecule has 0 bridgehead atoms. The summed E-state index contributed by atoms with van der Waals surface area (Å²) in [4.78, 5) is 33.1. The molecule has 1 saturated heterocycles. The topological polar surface area (TPSA) is 74.8 Å². The largest absolute Gasteiger partial charge is 0.494 e. The van der Waals surface area contributed by atoms with Gasteiger partial charge in [0.1, 0.15) is 17.1 Å². The predicted octanol–water partition coefficient (Wildman–Crippen LogP) is 3.47. The summed E-state index contributed by atoms with van der Waals surface area (Å²) in [5.41, 5.74) is 3.20. The van der Waals surface area contributed by atoms with E-state index in [0.29, 0.717) is 37.4 Å². The first-order chi connectivity index (χ1) is 15.0. The summed E-state index contributed by atoms with van der Waals surface area (Å²) in [5.74, 6) is 1.47. The van der Waals surface area contributed by atoms with E-state index >= 15 is 0 Å². The van der Waals surface area contributed by atoms with Gasteiger partial charge in [0.15, 0.2) is 0 Å². The Morgan fingerprint density at radius 1 is 1.03 bits per heavy atom. The maximum atomic E-state index is 13.0. The van der Waals surface area contributed by atoms with Crippen LogP contribution in [0.3, 0.4) is 0 Å². The fourth-order valence-electron chi connectivity index (χ4n) is 3.96. The zero-order valence-electron chi connectivity index (χ0n) is 18.0. The van der Waals surface area contributed by atoms with Gasteiger partial charge in [0.05, 0.1) is 7.11 Å². The van der Waals surface area contributed by atoms with E-state index < -0.39 is 0 Å². The summed E-state index contributed by atoms with van der Waals surface area (Å²) < 4.78 is 5.50. The van der Waals surface area contributed by atoms with Crippen LogP contribution in [-0.4, -0.2) is 55.0 Å². The first-order valence-corrected chi connectivity index (χ1v) is 10.3. The Balaban J connectivity index is 1.49. The minimum absolute atomic E-state index is 0.0313. The van der Waals surface area contributed by atoms with Crippen molar-refractivity contribution in [1.82, 2.24) is 9.88 Å². The van der Waals surface area contributed by atoms with Crippen LogP contribution in [0.4, 0.5) is 11.5 Å². The molecule has 31 heavy (non-hydrogen) atoms. The van der Waals surface area contributed by atoms with Crippen LogP contribution in [0.25, 0.3) is 10.9 Å². The van der Waals surface area contributed by atoms with Crippen molar-refractivity contribution in [3.8, 4) is 5.75 Å². The number of carbonyl (C=O) groups is 2. The van der Waals surface area contributed by atoms with E-state index in [0.717, 1.165) is 28.0 Å². The smallest absolute Gasteiger partial charge is 0.254 e. The number of ether oxygens (including phenoxy) is 1. The summed E-state index contributed by atoms with van der Waals surface area (Å²) >= 11 is 0. The molecule has 7 nitrogen and oxygen atoms in total. The maximum Gasteiger partial charge on any atom is 0.254 e. The highest BCUT2D eigenvalue weighted by Crippen LogP contribution is 2.29. The number of fused-ring (bicyclic) bond motifs is 1. The van der Waals surface area contributed by atoms with Gasteiger partial charge in [-0.25, -0.2) is 4.98 Å². The number of nitrogens with one attached hydrogen (secondary N) is 1. The Labute approximate surface area is 181 Å². The fraction of sp³-hybridized carbons (Fsp3) is 0.292. The number of pyridine rings is 1. The number of aromatic nitrogens is 1. The van der Waals surface area contributed by atoms with Crippen molar-refractivity contribution in [3.05, 3.63) is 59.7 Å². The molecule has 0 radical (unpaired) electrons. The molecule has 1 N–H and O–H groups in total. The molecule has 0 aliphatic carbocycles. The van der Waals surface area contributed by atoms with Gasteiger partial charge in [0.2, 0.25) is 5.91 Å². The number of hydrogen-bond donors (Lipinski definition) is 1. The molecule has 2 amide bonds. The third-order valence-electron chi connectivity index (χ3n) is 5.54. The number of aryl methyl sites for hydroxylation is 1. The molecule has 2 heterocycles. The number of anilines is 2. The Kier molecular flexibility index (Phi) is 5.75. The number of amides is 2. The molecule has 0 unspecified atom stereocenters. The number of carbonyl (C=O) groups excluding carboxylic acids is 2. The van der Waals surface area contributed by atoms with Gasteiger partial charge >= 0.3 is 0 Å². The van der Waals surface area contributed by atoms with Crippen LogP contribution in [0.2, 0.25) is 0 Å². The highest BCUT2D eigenvalue weighted by molar-refractivity contribution is 5.97. The highest BCUT2D eigenvalue weighted by Gasteiger charge is 2.24. The lowest BCUT2D eigenvalue weighted by Gasteiger charge is -2.35. The number of para-hydroxylation sites is 1. The lowest BCUT2D eigenvalue weighted by atomic mass is 10.1. The third kappa shape index (κ3) is 4.30. The number of rotatable bonds is 4. The fourth-order valence-corrected chi connectivity index (χ4v) is 3.96. The average molecular weight is 418 g/mol. The molecule has 0 spiro atoms. The van der Waals surface area contributed by atoms with Crippen molar-refractivity contribution in [2.45, 2.75) is 13.8 Å². The van der Waals surface area contributed by atoms with Crippen LogP contribution in [0.15, 0.2) is 48.5 Å². The van der Waals surface area contributed by atoms with Crippen LogP contribution in [-0.2, 0) is 4.79 Å². The first kappa shape index (κ1) is 20.7. The molecular weight excluding hydrogens is 392 g/mol. The summed E-state index contributed by atoms with van der Waals surface area (Å²) in [6.07, 6.45) is 0. The number of benzene rings is 2. The second kappa shape index (κ2) is 8.63. The van der Waals surface area contributed by atoms with Crippen LogP contribution in [0, 0.1) is 6.92 Å². The van der Waals surface area contributed by atoms with Gasteiger partial charge in [-0.1, -0.05) is 18.2 Å². The van der Waals surface area contributed by atoms with Gasteiger partial charge in [-0.15, -0.1) is 0 Å². The Hall–Kier alpha value is -3.61. The molecule has 1 aliphatic rings. The molecule has 0 atom stereocenters. The van der Waals surface area contributed by atoms with E-state index in [-0.39, 0.29) is 11.8 Å². The van der Waals surface area contributed by atoms with Crippen LogP contribution >= 0.6 is 0 Å². The van der Waals surface area contributed by atoms with Crippen molar-refractivity contribution in [2.24, 2.45) is 0 Å². The second-order valence-electron chi connectivity index (χ2n) is 7.70. The normalized spacial score (nSPS) is 13.9. The van der Waals surface area contributed by atoms with Gasteiger partial charge in [0, 0.05) is 49.7 Å². The number of methoxy groups -OCH3 is 1. The molecule has 0 saturated carbocycles. The molecule has 1 aliphatic heterocycles. The van der Waals surface area contributed by atoms with Crippen molar-refractivity contribution in [2.75, 3.05) is 43.5 Å². The number of nitrogens with zero attached hydrogens (tertiary/aromatic N) is 3. The van der Waals surface area contributed by atoms with Crippen molar-refractivity contribution in [3.63, 3.8) is 0 Å². The maximum absolute atomic E-state index is 13.0. The molecule has 160 valence electrons. The van der Waals surface area contributed by atoms with Crippen molar-refractivity contribution in [1.29, 1.82) is 0 Å². The Morgan fingerprint density at radius 2 is 1.77 bits per heavy atom. The monoisotopic (exact) mass is 418 g/mol. The third-order valence-corrected chi connectivity index (χ3v) is 5.54. The quantitative estimate of drug-likeness (QED) is 0.702. The second-order valence-corrected chi connectivity index (χ2v) is 7.70. The van der Waals surface area contributed by atoms with Gasteiger partial charge in [-0.05, 0) is 42.8 Å². The van der Waals surface area contributed by atoms with E-state index in [1.165, 1.54) is 6.92 Å². The molecule has 1 fully saturated rings. The summed E-state index contributed by atoms with van der Waals surface area (Å²) in [5, 5.41) is 3.80. The molecule has 1 aromatic heterocycles. The summed E-state index contributed by atoms with van der Waals surface area (Å²) in [7, 11) is 1.66. The van der Waals surface area contributed by atoms with E-state index in [2.05, 4.69) is 29.3 Å². The lowest BCUT2D eigenvalue weighted by molar-refractivity contribution is -0.114. The van der Waals surface area contributed by atoms with Gasteiger partial charge in [-0.3, -0.25) is 9.59 Å². The van der Waals surface area contributed by atoms with Gasteiger partial charge in [-0.2, -0.15) is 0 Å². The van der Waals surface area contributed by atoms with E-state index in [9.17, 15) is 9.59 Å². The average Bonchev–Trinajstić information content (AvgIpc) is 2.78. The zero-order chi connectivity index (χ0) is 22.0. The number of hydrogen-bond acceptors (Lipinski definition) is 5. The van der Waals surface area contributed by atoms with E-state index in [1.54, 1.807) is 31.4 Å². The van der Waals surface area contributed by atoms with Gasteiger partial charge in [0.25, 0.3) is 5.91 Å². The lowest BCUT2D eigenvalue weighted by Crippen LogP contribution is -2.49. The predicted molar refractivity (Wildman–Crippen MR) is 122 cm³/mol. The molecule has 2 aromatic carbocycles. The standard InChI is InChI=1S/C24H26N4O3/c1-16-14-22(26-23-20(16)8-5-9-21(23)31-3)27-10-12-28(13-11-27)24(30)18-6-4-7-19(15-18)25-17(2)29/h4-9,14-15H,10-13H2,1-3H3,(H,25,29). The minimum atomic E-state index is -0.159. The molecule has 4 rings (SSSR count). The zero-order valence-corrected chi connectivity index (χ0v) is 18.0. The van der Waals surface area contributed by atoms with Gasteiger partial charge < -0.3 is 19.9 Å². The Morgan fingerprint density at radius 3 is 2.48 bits per heavy atom. The summed E-state index contributed by atoms with van der Waals surface area (Å²) in [6, 6.07) is 15.1. The van der Waals surface area contributed by atoms with E-state index in [1.807, 2.05) is 17.0 Å². The summed E-state index contributed by atoms with van der Waals surface area (Å²) in [6.45, 7) is 6.14. The van der Waals surface area contributed by atoms with E-state index in [4.69, 9.17) is 9.72 Å². The van der Waals surface area contributed by atoms with Crippen molar-refractivity contribution >= 4 is 34.2 Å². The Bertz CT molecular complexity index is 1140. The minimum Gasteiger partial charge on any atom is -0.494 e.